The van der Waals surface area contributed by atoms with Gasteiger partial charge in [-0.15, -0.1) is 0 Å². The number of ether oxygens (including phenoxy) is 3. The Morgan fingerprint density at radius 2 is 1.69 bits per heavy atom. The number of rotatable bonds is 10. The van der Waals surface area contributed by atoms with Gasteiger partial charge in [0.15, 0.2) is 11.6 Å². The summed E-state index contributed by atoms with van der Waals surface area (Å²) in [7, 11) is 0. The highest BCUT2D eigenvalue weighted by Gasteiger charge is 2.68. The number of allylic oxidation sites excluding steroid dienone is 7. The van der Waals surface area contributed by atoms with Crippen LogP contribution in [-0.4, -0.2) is 72.1 Å². The minimum absolute atomic E-state index is 0.0200. The summed E-state index contributed by atoms with van der Waals surface area (Å²) in [5.41, 5.74) is 4.95. The molecular formula is C42H49NO11. The van der Waals surface area contributed by atoms with Gasteiger partial charge in [0, 0.05) is 46.8 Å². The zero-order valence-electron chi connectivity index (χ0n) is 31.3. The van der Waals surface area contributed by atoms with Gasteiger partial charge in [-0.1, -0.05) is 56.7 Å². The van der Waals surface area contributed by atoms with E-state index in [0.717, 1.165) is 24.8 Å². The number of esters is 3. The fraction of sp³-hybridized carbons (Fsp3) is 0.500. The highest BCUT2D eigenvalue weighted by molar-refractivity contribution is 6.27. The van der Waals surface area contributed by atoms with Gasteiger partial charge in [-0.25, -0.2) is 0 Å². The second-order valence-electron chi connectivity index (χ2n) is 15.4. The van der Waals surface area contributed by atoms with Gasteiger partial charge in [0.05, 0.1) is 30.7 Å². The van der Waals surface area contributed by atoms with Crippen LogP contribution in [0.5, 0.6) is 0 Å². The third kappa shape index (κ3) is 7.15. The quantitative estimate of drug-likeness (QED) is 0.248. The molecule has 0 aromatic heterocycles. The van der Waals surface area contributed by atoms with Crippen LogP contribution in [0.1, 0.15) is 93.4 Å². The number of benzene rings is 1. The van der Waals surface area contributed by atoms with Gasteiger partial charge in [-0.3, -0.25) is 28.8 Å². The first-order chi connectivity index (χ1) is 25.6. The molecule has 5 aliphatic carbocycles. The number of Topliss-reactive ketones (excluding diaryl/α,β-unsaturated/α-hetero) is 2. The molecule has 6 rings (SSSR count). The van der Waals surface area contributed by atoms with Crippen molar-refractivity contribution in [1.29, 1.82) is 0 Å². The van der Waals surface area contributed by atoms with Crippen LogP contribution >= 0.6 is 0 Å². The molecule has 5 aliphatic rings. The van der Waals surface area contributed by atoms with Crippen LogP contribution in [0.25, 0.3) is 0 Å². The highest BCUT2D eigenvalue weighted by Crippen LogP contribution is 2.69. The van der Waals surface area contributed by atoms with Crippen LogP contribution in [0.2, 0.25) is 0 Å². The maximum atomic E-state index is 13.5. The Kier molecular flexibility index (Phi) is 11.8. The van der Waals surface area contributed by atoms with Gasteiger partial charge in [-0.05, 0) is 67.7 Å². The van der Waals surface area contributed by atoms with Crippen LogP contribution in [0.4, 0.5) is 0 Å². The molecule has 3 saturated carbocycles. The van der Waals surface area contributed by atoms with Crippen molar-refractivity contribution in [2.45, 2.75) is 84.3 Å². The summed E-state index contributed by atoms with van der Waals surface area (Å²) >= 11 is 0. The lowest BCUT2D eigenvalue weighted by Crippen LogP contribution is -2.61. The Balaban J connectivity index is 0.00000276. The second-order valence-corrected chi connectivity index (χ2v) is 15.4. The minimum Gasteiger partial charge on any atom is -0.466 e. The SMILES string of the molecule is C=O.CC(=O)OCCC1(O)[C@H](C)CC2C3CCC4=CC(=O)C=CC4(C)C3C(OC(=O)CCC(=O)OC/C=C/C3=C(N)C(=O)c4ccccc4C3=O)CC21C. The van der Waals surface area contributed by atoms with E-state index >= 15 is 0 Å². The summed E-state index contributed by atoms with van der Waals surface area (Å²) in [6.45, 7) is 9.40. The molecule has 1 aromatic carbocycles. The van der Waals surface area contributed by atoms with E-state index in [-0.39, 0.29) is 84.3 Å². The molecule has 7 unspecified atom stereocenters. The second kappa shape index (κ2) is 15.8. The van der Waals surface area contributed by atoms with E-state index in [4.69, 9.17) is 24.7 Å². The Morgan fingerprint density at radius 3 is 2.37 bits per heavy atom. The average Bonchev–Trinajstić information content (AvgIpc) is 3.34. The van der Waals surface area contributed by atoms with Crippen molar-refractivity contribution in [3.8, 4) is 0 Å². The molecule has 288 valence electrons. The Bertz CT molecular complexity index is 1860. The van der Waals surface area contributed by atoms with E-state index in [0.29, 0.717) is 6.42 Å². The number of hydrogen-bond acceptors (Lipinski definition) is 12. The summed E-state index contributed by atoms with van der Waals surface area (Å²) in [5.74, 6) is -2.60. The zero-order chi connectivity index (χ0) is 39.6. The fourth-order valence-electron chi connectivity index (χ4n) is 10.1. The van der Waals surface area contributed by atoms with Gasteiger partial charge in [0.1, 0.15) is 19.5 Å². The van der Waals surface area contributed by atoms with Crippen molar-refractivity contribution in [2.24, 2.45) is 40.2 Å². The van der Waals surface area contributed by atoms with Gasteiger partial charge < -0.3 is 29.8 Å². The molecule has 0 heterocycles. The molecule has 8 atom stereocenters. The summed E-state index contributed by atoms with van der Waals surface area (Å²) in [5, 5.41) is 12.3. The van der Waals surface area contributed by atoms with Crippen molar-refractivity contribution >= 4 is 42.0 Å². The molecule has 0 aliphatic heterocycles. The normalized spacial score (nSPS) is 32.4. The third-order valence-electron chi connectivity index (χ3n) is 12.7. The summed E-state index contributed by atoms with van der Waals surface area (Å²) in [6, 6.07) is 6.41. The van der Waals surface area contributed by atoms with Crippen molar-refractivity contribution in [1.82, 2.24) is 0 Å². The highest BCUT2D eigenvalue weighted by atomic mass is 16.5. The van der Waals surface area contributed by atoms with Crippen molar-refractivity contribution in [3.05, 3.63) is 82.6 Å². The zero-order valence-corrected chi connectivity index (χ0v) is 31.3. The van der Waals surface area contributed by atoms with E-state index in [1.165, 1.54) is 19.1 Å². The molecule has 12 heteroatoms. The van der Waals surface area contributed by atoms with Gasteiger partial charge in [0.25, 0.3) is 0 Å². The molecule has 3 fully saturated rings. The third-order valence-corrected chi connectivity index (χ3v) is 12.7. The predicted molar refractivity (Wildman–Crippen MR) is 195 cm³/mol. The Hall–Kier alpha value is -4.97. The maximum Gasteiger partial charge on any atom is 0.306 e. The lowest BCUT2D eigenvalue weighted by molar-refractivity contribution is -0.196. The molecule has 1 aromatic rings. The Labute approximate surface area is 314 Å². The van der Waals surface area contributed by atoms with E-state index in [2.05, 4.69) is 13.8 Å². The molecule has 54 heavy (non-hydrogen) atoms. The minimum atomic E-state index is -1.17. The molecule has 3 N–H and O–H groups in total. The first kappa shape index (κ1) is 40.2. The number of nitrogens with two attached hydrogens (primary N) is 1. The topological polar surface area (TPSA) is 193 Å². The molecule has 0 radical (unpaired) electrons. The number of ketones is 3. The number of carbonyl (C=O) groups is 7. The summed E-state index contributed by atoms with van der Waals surface area (Å²) < 4.78 is 16.8. The van der Waals surface area contributed by atoms with Gasteiger partial charge >= 0.3 is 17.9 Å². The smallest absolute Gasteiger partial charge is 0.306 e. The van der Waals surface area contributed by atoms with Gasteiger partial charge in [0.2, 0.25) is 5.78 Å². The predicted octanol–water partition coefficient (Wildman–Crippen LogP) is 4.73. The molecule has 0 saturated heterocycles. The molecule has 0 bridgehead atoms. The average molecular weight is 744 g/mol. The van der Waals surface area contributed by atoms with E-state index < -0.39 is 52.0 Å². The number of hydrogen-bond donors (Lipinski definition) is 2. The maximum absolute atomic E-state index is 13.5. The first-order valence-corrected chi connectivity index (χ1v) is 18.4. The van der Waals surface area contributed by atoms with Crippen molar-refractivity contribution in [3.63, 3.8) is 0 Å². The molecular weight excluding hydrogens is 694 g/mol. The fourth-order valence-corrected chi connectivity index (χ4v) is 10.1. The number of fused-ring (bicyclic) bond motifs is 6. The molecule has 0 spiro atoms. The van der Waals surface area contributed by atoms with Gasteiger partial charge in [-0.2, -0.15) is 0 Å². The largest absolute Gasteiger partial charge is 0.466 e. The van der Waals surface area contributed by atoms with Crippen LogP contribution in [0, 0.1) is 34.5 Å². The number of aliphatic hydroxyl groups is 1. The number of carbonyl (C=O) groups excluding carboxylic acids is 7. The van der Waals surface area contributed by atoms with Crippen LogP contribution in [0.3, 0.4) is 0 Å². The monoisotopic (exact) mass is 743 g/mol. The lowest BCUT2D eigenvalue weighted by atomic mass is 9.46. The Morgan fingerprint density at radius 1 is 1.02 bits per heavy atom. The van der Waals surface area contributed by atoms with Crippen LogP contribution < -0.4 is 5.73 Å². The van der Waals surface area contributed by atoms with E-state index in [9.17, 15) is 33.9 Å². The molecule has 0 amide bonds. The van der Waals surface area contributed by atoms with Crippen LogP contribution in [0.15, 0.2) is 71.5 Å². The lowest BCUT2D eigenvalue weighted by Gasteiger charge is -2.60. The standard InChI is InChI=1S/C41H47NO10.CH2O/c1-23-20-31-29-12-11-25-21-26(44)15-16-39(25,3)35(29)32(22-40(31,4)41(23,49)17-19-50-24(2)43)52-34(46)14-13-33(45)51-18-7-10-30-36(42)38(48)28-9-6-5-8-27(28)37(30)47;1-2/h5-10,15-16,21,23,29,31-32,35,49H,11-14,17-20,22,42H2,1-4H3;1H2/b10-7+;/t23-,29?,31?,32?,35?,39?,40?,41?;/m1./s1. The van der Waals surface area contributed by atoms with E-state index in [1.54, 1.807) is 36.4 Å². The summed E-state index contributed by atoms with van der Waals surface area (Å²) in [6.07, 6.45) is 9.82. The van der Waals surface area contributed by atoms with E-state index in [1.807, 2.05) is 19.8 Å². The van der Waals surface area contributed by atoms with Crippen molar-refractivity contribution in [2.75, 3.05) is 13.2 Å². The summed E-state index contributed by atoms with van der Waals surface area (Å²) in [4.78, 5) is 83.6. The van der Waals surface area contributed by atoms with Crippen molar-refractivity contribution < 1.29 is 52.9 Å². The first-order valence-electron chi connectivity index (χ1n) is 18.4. The molecule has 12 nitrogen and oxygen atoms in total. The van der Waals surface area contributed by atoms with Crippen LogP contribution in [-0.2, 0) is 38.2 Å².